The first-order valence-corrected chi connectivity index (χ1v) is 5.32. The van der Waals surface area contributed by atoms with Gasteiger partial charge in [-0.25, -0.2) is 25.8 Å². The standard InChI is InChI=1S/C4H2Cl2N2.C4H5ClN4/c5-3-1-7-4(6)2-8-3;5-3-1-8-4(9-6)2-7-3/h1-2H;1-2H,6H2,(H,8,9). The Morgan fingerprint density at radius 1 is 0.765 bits per heavy atom. The van der Waals surface area contributed by atoms with Crippen LogP contribution < -0.4 is 11.3 Å². The van der Waals surface area contributed by atoms with Gasteiger partial charge < -0.3 is 5.43 Å². The monoisotopic (exact) mass is 292 g/mol. The number of halogens is 3. The average Bonchev–Trinajstić information content (AvgIpc) is 2.35. The van der Waals surface area contributed by atoms with Crippen LogP contribution in [0.1, 0.15) is 0 Å². The molecule has 17 heavy (non-hydrogen) atoms. The lowest BCUT2D eigenvalue weighted by molar-refractivity contribution is 1.16. The molecule has 0 aliphatic carbocycles. The minimum atomic E-state index is 0.356. The fourth-order valence-electron chi connectivity index (χ4n) is 0.683. The van der Waals surface area contributed by atoms with Gasteiger partial charge in [0.05, 0.1) is 24.8 Å². The van der Waals surface area contributed by atoms with Crippen molar-refractivity contribution in [1.29, 1.82) is 0 Å². The molecule has 0 aliphatic heterocycles. The molecule has 6 nitrogen and oxygen atoms in total. The van der Waals surface area contributed by atoms with Crippen molar-refractivity contribution in [3.05, 3.63) is 40.2 Å². The Morgan fingerprint density at radius 3 is 1.47 bits per heavy atom. The van der Waals surface area contributed by atoms with Gasteiger partial charge in [0, 0.05) is 0 Å². The van der Waals surface area contributed by atoms with Gasteiger partial charge in [0.15, 0.2) is 5.82 Å². The molecule has 90 valence electrons. The molecule has 2 aromatic rings. The largest absolute Gasteiger partial charge is 0.307 e. The molecule has 3 N–H and O–H groups in total. The van der Waals surface area contributed by atoms with Crippen molar-refractivity contribution in [3.63, 3.8) is 0 Å². The van der Waals surface area contributed by atoms with Gasteiger partial charge in [-0.1, -0.05) is 34.8 Å². The minimum absolute atomic E-state index is 0.356. The van der Waals surface area contributed by atoms with Gasteiger partial charge in [-0.05, 0) is 0 Å². The number of anilines is 1. The van der Waals surface area contributed by atoms with E-state index < -0.39 is 0 Å². The summed E-state index contributed by atoms with van der Waals surface area (Å²) in [5, 5.41) is 1.07. The highest BCUT2D eigenvalue weighted by Gasteiger charge is 1.89. The van der Waals surface area contributed by atoms with Gasteiger partial charge >= 0.3 is 0 Å². The molecule has 2 rings (SSSR count). The first-order valence-electron chi connectivity index (χ1n) is 4.19. The van der Waals surface area contributed by atoms with Crippen molar-refractivity contribution in [2.75, 3.05) is 5.43 Å². The Balaban J connectivity index is 0.000000171. The Bertz CT molecular complexity index is 425. The number of hydrogen-bond acceptors (Lipinski definition) is 6. The summed E-state index contributed by atoms with van der Waals surface area (Å²) in [6, 6.07) is 0. The van der Waals surface area contributed by atoms with Gasteiger partial charge in [-0.2, -0.15) is 0 Å². The smallest absolute Gasteiger partial charge is 0.158 e. The number of rotatable bonds is 1. The molecule has 0 fully saturated rings. The van der Waals surface area contributed by atoms with Crippen LogP contribution in [0.2, 0.25) is 15.5 Å². The molecule has 0 aliphatic rings. The van der Waals surface area contributed by atoms with Crippen LogP contribution >= 0.6 is 34.8 Å². The number of nitrogen functional groups attached to an aromatic ring is 1. The van der Waals surface area contributed by atoms with Crippen molar-refractivity contribution < 1.29 is 0 Å². The maximum Gasteiger partial charge on any atom is 0.158 e. The Hall–Kier alpha value is -1.21. The predicted molar refractivity (Wildman–Crippen MR) is 66.9 cm³/mol. The molecule has 0 radical (unpaired) electrons. The third kappa shape index (κ3) is 5.60. The van der Waals surface area contributed by atoms with Crippen LogP contribution in [0.4, 0.5) is 5.82 Å². The summed E-state index contributed by atoms with van der Waals surface area (Å²) in [6.45, 7) is 0. The molecule has 0 spiro atoms. The summed E-state index contributed by atoms with van der Waals surface area (Å²) in [5.74, 6) is 5.50. The zero-order valence-corrected chi connectivity index (χ0v) is 10.6. The van der Waals surface area contributed by atoms with Crippen LogP contribution in [-0.4, -0.2) is 19.9 Å². The van der Waals surface area contributed by atoms with E-state index in [1.54, 1.807) is 0 Å². The van der Waals surface area contributed by atoms with E-state index in [1.807, 2.05) is 0 Å². The van der Waals surface area contributed by atoms with Crippen molar-refractivity contribution in [1.82, 2.24) is 19.9 Å². The van der Waals surface area contributed by atoms with Crippen molar-refractivity contribution >= 4 is 40.6 Å². The molecular weight excluding hydrogens is 286 g/mol. The normalized spacial score (nSPS) is 9.18. The summed E-state index contributed by atoms with van der Waals surface area (Å²) in [5.41, 5.74) is 2.32. The van der Waals surface area contributed by atoms with Gasteiger partial charge in [-0.15, -0.1) is 0 Å². The molecule has 0 aromatic carbocycles. The third-order valence-corrected chi connectivity index (χ3v) is 1.94. The Kier molecular flexibility index (Phi) is 5.85. The number of nitrogens with two attached hydrogens (primary N) is 1. The van der Waals surface area contributed by atoms with E-state index in [-0.39, 0.29) is 0 Å². The average molecular weight is 294 g/mol. The van der Waals surface area contributed by atoms with E-state index in [2.05, 4.69) is 25.4 Å². The molecule has 2 aromatic heterocycles. The van der Waals surface area contributed by atoms with Crippen LogP contribution in [0.25, 0.3) is 0 Å². The number of hydrogen-bond donors (Lipinski definition) is 2. The Labute approximate surface area is 112 Å². The zero-order valence-electron chi connectivity index (χ0n) is 8.31. The van der Waals surface area contributed by atoms with Crippen LogP contribution in [0, 0.1) is 0 Å². The topological polar surface area (TPSA) is 89.6 Å². The van der Waals surface area contributed by atoms with Crippen LogP contribution in [-0.2, 0) is 0 Å². The van der Waals surface area contributed by atoms with E-state index >= 15 is 0 Å². The lowest BCUT2D eigenvalue weighted by Crippen LogP contribution is -2.08. The van der Waals surface area contributed by atoms with E-state index in [4.69, 9.17) is 40.6 Å². The van der Waals surface area contributed by atoms with Gasteiger partial charge in [0.2, 0.25) is 0 Å². The molecule has 0 unspecified atom stereocenters. The first-order chi connectivity index (χ1) is 8.11. The maximum absolute atomic E-state index is 5.43. The molecule has 0 saturated carbocycles. The fraction of sp³-hybridized carbons (Fsp3) is 0. The lowest BCUT2D eigenvalue weighted by atomic mass is 10.7. The summed E-state index contributed by atoms with van der Waals surface area (Å²) in [6.07, 6.45) is 5.65. The highest BCUT2D eigenvalue weighted by atomic mass is 35.5. The summed E-state index contributed by atoms with van der Waals surface area (Å²) < 4.78 is 0. The summed E-state index contributed by atoms with van der Waals surface area (Å²) in [7, 11) is 0. The Morgan fingerprint density at radius 2 is 1.18 bits per heavy atom. The molecule has 0 amide bonds. The summed E-state index contributed by atoms with van der Waals surface area (Å²) >= 11 is 16.2. The molecule has 9 heteroatoms. The minimum Gasteiger partial charge on any atom is -0.307 e. The van der Waals surface area contributed by atoms with E-state index in [0.29, 0.717) is 21.3 Å². The van der Waals surface area contributed by atoms with E-state index in [1.165, 1.54) is 24.8 Å². The van der Waals surface area contributed by atoms with Crippen molar-refractivity contribution in [2.45, 2.75) is 0 Å². The van der Waals surface area contributed by atoms with E-state index in [0.717, 1.165) is 0 Å². The number of nitrogens with zero attached hydrogens (tertiary/aromatic N) is 4. The highest BCUT2D eigenvalue weighted by Crippen LogP contribution is 2.04. The fourth-order valence-corrected chi connectivity index (χ4v) is 0.976. The van der Waals surface area contributed by atoms with Gasteiger partial charge in [0.1, 0.15) is 15.5 Å². The summed E-state index contributed by atoms with van der Waals surface area (Å²) in [4.78, 5) is 14.8. The highest BCUT2D eigenvalue weighted by molar-refractivity contribution is 6.30. The molecule has 0 bridgehead atoms. The quantitative estimate of drug-likeness (QED) is 0.619. The first kappa shape index (κ1) is 13.9. The van der Waals surface area contributed by atoms with E-state index in [9.17, 15) is 0 Å². The molecular formula is C8H7Cl3N6. The van der Waals surface area contributed by atoms with Crippen molar-refractivity contribution in [3.8, 4) is 0 Å². The lowest BCUT2D eigenvalue weighted by Gasteiger charge is -1.94. The van der Waals surface area contributed by atoms with Gasteiger partial charge in [-0.3, -0.25) is 0 Å². The molecule has 2 heterocycles. The second kappa shape index (κ2) is 7.18. The third-order valence-electron chi connectivity index (χ3n) is 1.36. The number of aromatic nitrogens is 4. The van der Waals surface area contributed by atoms with Crippen molar-refractivity contribution in [2.24, 2.45) is 5.84 Å². The van der Waals surface area contributed by atoms with Crippen LogP contribution in [0.5, 0.6) is 0 Å². The number of nitrogens with one attached hydrogen (secondary N) is 1. The molecule has 0 saturated heterocycles. The van der Waals surface area contributed by atoms with Crippen LogP contribution in [0.15, 0.2) is 24.8 Å². The van der Waals surface area contributed by atoms with Crippen LogP contribution in [0.3, 0.4) is 0 Å². The van der Waals surface area contributed by atoms with Gasteiger partial charge in [0.25, 0.3) is 0 Å². The predicted octanol–water partition coefficient (Wildman–Crippen LogP) is 2.20. The second-order valence-electron chi connectivity index (χ2n) is 2.53. The second-order valence-corrected chi connectivity index (χ2v) is 3.69. The maximum atomic E-state index is 5.43. The SMILES string of the molecule is Clc1cnc(Cl)cn1.NNc1cnc(Cl)cn1. The molecule has 0 atom stereocenters. The number of hydrazine groups is 1. The zero-order chi connectivity index (χ0) is 12.7.